The van der Waals surface area contributed by atoms with Gasteiger partial charge in [-0.1, -0.05) is 234 Å². The van der Waals surface area contributed by atoms with Gasteiger partial charge < -0.3 is 20.3 Å². The normalized spacial score (nSPS) is 14.0. The molecule has 0 saturated heterocycles. The van der Waals surface area contributed by atoms with Gasteiger partial charge in [-0.2, -0.15) is 0 Å². The van der Waals surface area contributed by atoms with Gasteiger partial charge in [0, 0.05) is 6.42 Å². The molecule has 0 aromatic carbocycles. The number of hydrogen-bond donors (Lipinski definition) is 3. The Balaban J connectivity index is 4.84. The second-order valence-corrected chi connectivity index (χ2v) is 17.2. The molecule has 0 spiro atoms. The van der Waals surface area contributed by atoms with Crippen molar-refractivity contribution in [1.82, 2.24) is 5.32 Å². The quantitative estimate of drug-likeness (QED) is 0.0322. The Hall–Kier alpha value is -3.22. The highest BCUT2D eigenvalue weighted by molar-refractivity contribution is 5.78. The van der Waals surface area contributed by atoms with Crippen molar-refractivity contribution in [2.75, 3.05) is 6.61 Å². The third-order valence-electron chi connectivity index (χ3n) is 11.2. The predicted molar refractivity (Wildman–Crippen MR) is 273 cm³/mol. The van der Waals surface area contributed by atoms with Crippen molar-refractivity contribution in [3.8, 4) is 0 Å². The molecule has 0 bridgehead atoms. The lowest BCUT2D eigenvalue weighted by Crippen LogP contribution is -2.46. The number of aliphatic hydroxyl groups excluding tert-OH is 2. The van der Waals surface area contributed by atoms with E-state index < -0.39 is 18.2 Å². The van der Waals surface area contributed by atoms with Gasteiger partial charge in [0.25, 0.3) is 0 Å². The first kappa shape index (κ1) is 59.8. The van der Waals surface area contributed by atoms with Crippen LogP contribution in [0.5, 0.6) is 0 Å². The summed E-state index contributed by atoms with van der Waals surface area (Å²) in [5, 5.41) is 23.7. The maximum absolute atomic E-state index is 13.2. The van der Waals surface area contributed by atoms with E-state index in [2.05, 4.69) is 105 Å². The molecule has 0 fully saturated rings. The smallest absolute Gasteiger partial charge is 0.306 e. The number of ether oxygens (including phenoxy) is 1. The van der Waals surface area contributed by atoms with Crippen LogP contribution in [-0.4, -0.2) is 46.9 Å². The zero-order chi connectivity index (χ0) is 45.9. The number of hydrogen-bond acceptors (Lipinski definition) is 5. The molecule has 6 nitrogen and oxygen atoms in total. The average molecular weight is 876 g/mol. The summed E-state index contributed by atoms with van der Waals surface area (Å²) < 4.78 is 5.78. The summed E-state index contributed by atoms with van der Waals surface area (Å²) in [7, 11) is 0. The lowest BCUT2D eigenvalue weighted by atomic mass is 10.0. The second kappa shape index (κ2) is 49.8. The number of allylic oxidation sites excluding steroid dienone is 15. The predicted octanol–water partition coefficient (Wildman–Crippen LogP) is 15.7. The SMILES string of the molecule is CC/C=C\C/C=C\C/C=C\C/C=C\C/C=C\C/C=C\C(CC(=O)NC(CO)C(O)CCCCCCCCCCCCCCCC)OC(=O)CC/C=C/C/C=C\CCCCCCCC. The zero-order valence-electron chi connectivity index (χ0n) is 40.9. The van der Waals surface area contributed by atoms with Crippen LogP contribution >= 0.6 is 0 Å². The summed E-state index contributed by atoms with van der Waals surface area (Å²) in [5.41, 5.74) is 0. The van der Waals surface area contributed by atoms with E-state index in [9.17, 15) is 19.8 Å². The summed E-state index contributed by atoms with van der Waals surface area (Å²) >= 11 is 0. The van der Waals surface area contributed by atoms with Gasteiger partial charge in [0.05, 0.1) is 25.2 Å². The molecular weight excluding hydrogens is 779 g/mol. The number of carbonyl (C=O) groups excluding carboxylic acids is 2. The summed E-state index contributed by atoms with van der Waals surface area (Å²) in [6, 6.07) is -0.758. The van der Waals surface area contributed by atoms with Gasteiger partial charge in [0.1, 0.15) is 6.10 Å². The fraction of sp³-hybridized carbons (Fsp3) is 0.684. The molecule has 0 saturated carbocycles. The molecule has 6 heteroatoms. The van der Waals surface area contributed by atoms with E-state index in [1.54, 1.807) is 6.08 Å². The van der Waals surface area contributed by atoms with Crippen LogP contribution in [0.3, 0.4) is 0 Å². The third kappa shape index (κ3) is 45.2. The van der Waals surface area contributed by atoms with Crippen LogP contribution in [0, 0.1) is 0 Å². The van der Waals surface area contributed by atoms with E-state index in [1.165, 1.54) is 109 Å². The molecule has 63 heavy (non-hydrogen) atoms. The Morgan fingerprint density at radius 1 is 0.492 bits per heavy atom. The van der Waals surface area contributed by atoms with Crippen molar-refractivity contribution >= 4 is 11.9 Å². The Labute approximate surface area is 388 Å². The molecule has 360 valence electrons. The number of amides is 1. The number of carbonyl (C=O) groups is 2. The molecule has 0 rings (SSSR count). The van der Waals surface area contributed by atoms with Crippen molar-refractivity contribution in [3.63, 3.8) is 0 Å². The molecule has 0 aliphatic rings. The summed E-state index contributed by atoms with van der Waals surface area (Å²) in [4.78, 5) is 26.0. The number of nitrogens with one attached hydrogen (secondary N) is 1. The first-order chi connectivity index (χ1) is 31.0. The van der Waals surface area contributed by atoms with Crippen molar-refractivity contribution < 1.29 is 24.5 Å². The molecule has 3 N–H and O–H groups in total. The lowest BCUT2D eigenvalue weighted by Gasteiger charge is -2.23. The van der Waals surface area contributed by atoms with Crippen LogP contribution in [0.4, 0.5) is 0 Å². The minimum atomic E-state index is -0.833. The molecule has 0 aliphatic heterocycles. The van der Waals surface area contributed by atoms with Crippen LogP contribution in [0.15, 0.2) is 97.2 Å². The highest BCUT2D eigenvalue weighted by Gasteiger charge is 2.23. The first-order valence-corrected chi connectivity index (χ1v) is 26.0. The maximum atomic E-state index is 13.2. The molecule has 1 amide bonds. The van der Waals surface area contributed by atoms with Crippen molar-refractivity contribution in [3.05, 3.63) is 97.2 Å². The Kier molecular flexibility index (Phi) is 47.2. The van der Waals surface area contributed by atoms with Crippen LogP contribution in [-0.2, 0) is 14.3 Å². The van der Waals surface area contributed by atoms with Gasteiger partial charge in [-0.05, 0) is 76.7 Å². The fourth-order valence-corrected chi connectivity index (χ4v) is 7.24. The highest BCUT2D eigenvalue weighted by atomic mass is 16.5. The average Bonchev–Trinajstić information content (AvgIpc) is 3.28. The van der Waals surface area contributed by atoms with Gasteiger partial charge in [0.2, 0.25) is 5.91 Å². The fourth-order valence-electron chi connectivity index (χ4n) is 7.24. The van der Waals surface area contributed by atoms with E-state index in [0.29, 0.717) is 19.3 Å². The van der Waals surface area contributed by atoms with Gasteiger partial charge in [-0.25, -0.2) is 0 Å². The summed E-state index contributed by atoms with van der Waals surface area (Å²) in [6.07, 6.45) is 66.5. The summed E-state index contributed by atoms with van der Waals surface area (Å²) in [6.45, 7) is 6.30. The summed E-state index contributed by atoms with van der Waals surface area (Å²) in [5.74, 6) is -0.717. The monoisotopic (exact) mass is 876 g/mol. The minimum Gasteiger partial charge on any atom is -0.458 e. The van der Waals surface area contributed by atoms with Crippen LogP contribution < -0.4 is 5.32 Å². The molecule has 0 aliphatic carbocycles. The van der Waals surface area contributed by atoms with E-state index in [4.69, 9.17) is 4.74 Å². The van der Waals surface area contributed by atoms with E-state index in [1.807, 2.05) is 12.2 Å². The molecule has 0 aromatic rings. The second-order valence-electron chi connectivity index (χ2n) is 17.2. The molecular formula is C57H97NO5. The van der Waals surface area contributed by atoms with Gasteiger partial charge in [-0.15, -0.1) is 0 Å². The first-order valence-electron chi connectivity index (χ1n) is 26.0. The molecule has 0 aromatic heterocycles. The van der Waals surface area contributed by atoms with Gasteiger partial charge >= 0.3 is 5.97 Å². The molecule has 3 unspecified atom stereocenters. The zero-order valence-corrected chi connectivity index (χ0v) is 40.9. The number of rotatable bonds is 45. The van der Waals surface area contributed by atoms with Crippen molar-refractivity contribution in [2.24, 2.45) is 0 Å². The molecule has 0 heterocycles. The largest absolute Gasteiger partial charge is 0.458 e. The highest BCUT2D eigenvalue weighted by Crippen LogP contribution is 2.15. The third-order valence-corrected chi connectivity index (χ3v) is 11.2. The Morgan fingerprint density at radius 2 is 0.889 bits per heavy atom. The maximum Gasteiger partial charge on any atom is 0.306 e. The van der Waals surface area contributed by atoms with E-state index in [-0.39, 0.29) is 31.3 Å². The topological polar surface area (TPSA) is 95.9 Å². The number of aliphatic hydroxyl groups is 2. The van der Waals surface area contributed by atoms with E-state index >= 15 is 0 Å². The van der Waals surface area contributed by atoms with Crippen LogP contribution in [0.1, 0.15) is 226 Å². The number of unbranched alkanes of at least 4 members (excludes halogenated alkanes) is 19. The number of esters is 1. The van der Waals surface area contributed by atoms with Gasteiger partial charge in [0.15, 0.2) is 0 Å². The Morgan fingerprint density at radius 3 is 1.35 bits per heavy atom. The van der Waals surface area contributed by atoms with E-state index in [0.717, 1.165) is 64.2 Å². The van der Waals surface area contributed by atoms with Crippen LogP contribution in [0.25, 0.3) is 0 Å². The van der Waals surface area contributed by atoms with Gasteiger partial charge in [-0.3, -0.25) is 9.59 Å². The molecule has 0 radical (unpaired) electrons. The van der Waals surface area contributed by atoms with Crippen LogP contribution in [0.2, 0.25) is 0 Å². The Bertz CT molecular complexity index is 1260. The minimum absolute atomic E-state index is 0.0742. The molecule has 3 atom stereocenters. The lowest BCUT2D eigenvalue weighted by molar-refractivity contribution is -0.148. The standard InChI is InChI=1S/C57H97NO5/c1-4-7-10-13-16-19-22-25-27-28-29-31-33-36-39-42-45-48-53(63-57(62)50-47-44-41-38-35-30-24-21-18-15-12-9-6-3)51-56(61)58-54(52-59)55(60)49-46-43-40-37-34-32-26-23-20-17-14-11-8-5-2/h7,10,16,19,25,27,29-31,35-36,39,41,44-45,48,53-55,59-60H,4-6,8-9,11-15,17-18,20-24,26,28,32-34,37-38,40,42-43,46-47,49-52H2,1-3H3,(H,58,61)/b10-7-,19-16-,27-25-,31-29-,35-30-,39-36-,44-41+,48-45-. The van der Waals surface area contributed by atoms with Crippen molar-refractivity contribution in [1.29, 1.82) is 0 Å². The van der Waals surface area contributed by atoms with Crippen molar-refractivity contribution in [2.45, 2.75) is 244 Å².